The summed E-state index contributed by atoms with van der Waals surface area (Å²) in [5.74, 6) is -0.0225. The normalized spacial score (nSPS) is 10.8. The second-order valence-corrected chi connectivity index (χ2v) is 6.86. The Hall–Kier alpha value is -3.83. The molecular weight excluding hydrogens is 412 g/mol. The van der Waals surface area contributed by atoms with Crippen LogP contribution in [0.3, 0.4) is 0 Å². The van der Waals surface area contributed by atoms with E-state index in [0.717, 1.165) is 11.1 Å². The van der Waals surface area contributed by atoms with E-state index < -0.39 is 11.9 Å². The van der Waals surface area contributed by atoms with E-state index in [1.807, 2.05) is 38.1 Å². The highest BCUT2D eigenvalue weighted by Gasteiger charge is 2.14. The topological polar surface area (TPSA) is 107 Å². The first-order valence-corrected chi connectivity index (χ1v) is 9.85. The number of carbonyl (C=O) groups excluding carboxylic acids is 2. The van der Waals surface area contributed by atoms with Gasteiger partial charge in [0.2, 0.25) is 0 Å². The van der Waals surface area contributed by atoms with Crippen molar-refractivity contribution in [3.8, 4) is 23.3 Å². The van der Waals surface area contributed by atoms with Gasteiger partial charge in [-0.3, -0.25) is 4.79 Å². The Morgan fingerprint density at radius 3 is 2.53 bits per heavy atom. The fourth-order valence-electron chi connectivity index (χ4n) is 2.69. The van der Waals surface area contributed by atoms with E-state index in [0.29, 0.717) is 17.9 Å². The van der Waals surface area contributed by atoms with Crippen LogP contribution in [0.1, 0.15) is 16.7 Å². The zero-order valence-corrected chi connectivity index (χ0v) is 18.6. The summed E-state index contributed by atoms with van der Waals surface area (Å²) in [4.78, 5) is 24.3. The Morgan fingerprint density at radius 1 is 1.06 bits per heavy atom. The molecule has 8 nitrogen and oxygen atoms in total. The van der Waals surface area contributed by atoms with Gasteiger partial charge < -0.3 is 24.3 Å². The quantitative estimate of drug-likeness (QED) is 0.200. The summed E-state index contributed by atoms with van der Waals surface area (Å²) in [6, 6.07) is 12.3. The standard InChI is InChI=1S/C24H26N2O6/c1-16-5-6-17(2)21(11-16)31-15-23(27)32-20-8-7-18(13-22(20)30-4)12-19(14-25)24(28)26-9-10-29-3/h5-8,11-13H,9-10,15H2,1-4H3,(H,26,28)/b19-12+. The van der Waals surface area contributed by atoms with Gasteiger partial charge in [0.1, 0.15) is 17.4 Å². The summed E-state index contributed by atoms with van der Waals surface area (Å²) < 4.78 is 21.1. The molecule has 2 aromatic rings. The van der Waals surface area contributed by atoms with E-state index in [2.05, 4.69) is 5.32 Å². The van der Waals surface area contributed by atoms with Crippen LogP contribution in [0, 0.1) is 25.2 Å². The average Bonchev–Trinajstić information content (AvgIpc) is 2.78. The molecule has 0 aromatic heterocycles. The molecule has 0 atom stereocenters. The lowest BCUT2D eigenvalue weighted by Crippen LogP contribution is -2.27. The molecule has 32 heavy (non-hydrogen) atoms. The largest absolute Gasteiger partial charge is 0.493 e. The molecule has 0 radical (unpaired) electrons. The fraction of sp³-hybridized carbons (Fsp3) is 0.292. The zero-order chi connectivity index (χ0) is 23.5. The number of hydrogen-bond acceptors (Lipinski definition) is 7. The number of methoxy groups -OCH3 is 2. The number of ether oxygens (including phenoxy) is 4. The minimum absolute atomic E-state index is 0.0742. The van der Waals surface area contributed by atoms with Crippen LogP contribution in [-0.2, 0) is 14.3 Å². The van der Waals surface area contributed by atoms with E-state index in [1.54, 1.807) is 12.1 Å². The molecule has 2 aromatic carbocycles. The molecule has 0 aliphatic carbocycles. The van der Waals surface area contributed by atoms with Gasteiger partial charge in [-0.2, -0.15) is 5.26 Å². The summed E-state index contributed by atoms with van der Waals surface area (Å²) in [6.45, 7) is 4.19. The van der Waals surface area contributed by atoms with Gasteiger partial charge >= 0.3 is 5.97 Å². The minimum atomic E-state index is -0.595. The van der Waals surface area contributed by atoms with E-state index in [-0.39, 0.29) is 30.2 Å². The number of nitriles is 1. The Bertz CT molecular complexity index is 1040. The van der Waals surface area contributed by atoms with Crippen LogP contribution >= 0.6 is 0 Å². The highest BCUT2D eigenvalue weighted by molar-refractivity contribution is 6.01. The first-order chi connectivity index (χ1) is 15.4. The minimum Gasteiger partial charge on any atom is -0.493 e. The third kappa shape index (κ3) is 7.15. The number of rotatable bonds is 10. The lowest BCUT2D eigenvalue weighted by atomic mass is 10.1. The molecule has 0 aliphatic rings. The Balaban J connectivity index is 2.07. The van der Waals surface area contributed by atoms with Crippen LogP contribution in [0.4, 0.5) is 0 Å². The number of amides is 1. The van der Waals surface area contributed by atoms with Crippen molar-refractivity contribution in [1.82, 2.24) is 5.32 Å². The van der Waals surface area contributed by atoms with Gasteiger partial charge in [-0.15, -0.1) is 0 Å². The molecule has 0 saturated carbocycles. The van der Waals surface area contributed by atoms with Crippen LogP contribution < -0.4 is 19.5 Å². The molecule has 0 unspecified atom stereocenters. The summed E-state index contributed by atoms with van der Waals surface area (Å²) in [5.41, 5.74) is 2.40. The molecule has 0 aliphatic heterocycles. The Morgan fingerprint density at radius 2 is 1.84 bits per heavy atom. The van der Waals surface area contributed by atoms with Crippen molar-refractivity contribution in [1.29, 1.82) is 5.26 Å². The van der Waals surface area contributed by atoms with Crippen molar-refractivity contribution in [3.63, 3.8) is 0 Å². The van der Waals surface area contributed by atoms with Gasteiger partial charge in [0, 0.05) is 13.7 Å². The monoisotopic (exact) mass is 438 g/mol. The highest BCUT2D eigenvalue weighted by Crippen LogP contribution is 2.29. The lowest BCUT2D eigenvalue weighted by Gasteiger charge is -2.12. The zero-order valence-electron chi connectivity index (χ0n) is 18.6. The predicted molar refractivity (Wildman–Crippen MR) is 119 cm³/mol. The highest BCUT2D eigenvalue weighted by atomic mass is 16.6. The molecule has 0 bridgehead atoms. The number of esters is 1. The molecular formula is C24H26N2O6. The summed E-state index contributed by atoms with van der Waals surface area (Å²) in [7, 11) is 2.94. The number of hydrogen-bond donors (Lipinski definition) is 1. The molecule has 0 saturated heterocycles. The summed E-state index contributed by atoms with van der Waals surface area (Å²) in [6.07, 6.45) is 1.42. The summed E-state index contributed by atoms with van der Waals surface area (Å²) in [5, 5.41) is 11.9. The van der Waals surface area contributed by atoms with E-state index in [9.17, 15) is 14.9 Å². The average molecular weight is 438 g/mol. The first-order valence-electron chi connectivity index (χ1n) is 9.85. The van der Waals surface area contributed by atoms with Gasteiger partial charge in [0.25, 0.3) is 5.91 Å². The van der Waals surface area contributed by atoms with Crippen LogP contribution in [0.15, 0.2) is 42.0 Å². The molecule has 8 heteroatoms. The van der Waals surface area contributed by atoms with Crippen molar-refractivity contribution < 1.29 is 28.5 Å². The van der Waals surface area contributed by atoms with Crippen molar-refractivity contribution >= 4 is 18.0 Å². The third-order valence-electron chi connectivity index (χ3n) is 4.37. The number of nitrogens with one attached hydrogen (secondary N) is 1. The van der Waals surface area contributed by atoms with Crippen LogP contribution in [0.5, 0.6) is 17.2 Å². The van der Waals surface area contributed by atoms with Gasteiger partial charge in [-0.25, -0.2) is 4.79 Å². The molecule has 0 fully saturated rings. The molecule has 1 amide bonds. The number of aryl methyl sites for hydroxylation is 2. The second kappa shape index (κ2) is 12.1. The Labute approximate surface area is 187 Å². The van der Waals surface area contributed by atoms with Crippen molar-refractivity contribution in [2.24, 2.45) is 0 Å². The maximum atomic E-state index is 12.3. The van der Waals surface area contributed by atoms with Gasteiger partial charge in [0.15, 0.2) is 18.1 Å². The molecule has 2 rings (SSSR count). The summed E-state index contributed by atoms with van der Waals surface area (Å²) >= 11 is 0. The predicted octanol–water partition coefficient (Wildman–Crippen LogP) is 2.97. The SMILES string of the molecule is COCCNC(=O)/C(C#N)=C/c1ccc(OC(=O)COc2cc(C)ccc2C)c(OC)c1. The van der Waals surface area contributed by atoms with E-state index >= 15 is 0 Å². The van der Waals surface area contributed by atoms with Gasteiger partial charge in [-0.05, 0) is 54.8 Å². The molecule has 0 heterocycles. The molecule has 168 valence electrons. The van der Waals surface area contributed by atoms with Crippen LogP contribution in [0.25, 0.3) is 6.08 Å². The number of carbonyl (C=O) groups is 2. The number of nitrogens with zero attached hydrogens (tertiary/aromatic N) is 1. The lowest BCUT2D eigenvalue weighted by molar-refractivity contribution is -0.136. The van der Waals surface area contributed by atoms with Crippen LogP contribution in [0.2, 0.25) is 0 Å². The van der Waals surface area contributed by atoms with Crippen molar-refractivity contribution in [2.75, 3.05) is 34.0 Å². The van der Waals surface area contributed by atoms with Gasteiger partial charge in [-0.1, -0.05) is 18.2 Å². The van der Waals surface area contributed by atoms with Gasteiger partial charge in [0.05, 0.1) is 13.7 Å². The molecule has 0 spiro atoms. The van der Waals surface area contributed by atoms with Crippen LogP contribution in [-0.4, -0.2) is 45.9 Å². The molecule has 1 N–H and O–H groups in total. The maximum Gasteiger partial charge on any atom is 0.349 e. The van der Waals surface area contributed by atoms with Crippen molar-refractivity contribution in [3.05, 3.63) is 58.7 Å². The number of benzene rings is 2. The second-order valence-electron chi connectivity index (χ2n) is 6.86. The van der Waals surface area contributed by atoms with E-state index in [4.69, 9.17) is 18.9 Å². The maximum absolute atomic E-state index is 12.3. The fourth-order valence-corrected chi connectivity index (χ4v) is 2.69. The Kier molecular flexibility index (Phi) is 9.26. The first kappa shape index (κ1) is 24.4. The van der Waals surface area contributed by atoms with E-state index in [1.165, 1.54) is 26.4 Å². The third-order valence-corrected chi connectivity index (χ3v) is 4.37. The van der Waals surface area contributed by atoms with Crippen molar-refractivity contribution in [2.45, 2.75) is 13.8 Å². The smallest absolute Gasteiger partial charge is 0.349 e.